The fourth-order valence-electron chi connectivity index (χ4n) is 8.95. The lowest BCUT2D eigenvalue weighted by molar-refractivity contribution is -0.302. The van der Waals surface area contributed by atoms with Gasteiger partial charge in [-0.05, 0) is 96.3 Å². The Morgan fingerprint density at radius 3 is 1.26 bits per heavy atom. The number of allylic oxidation sites excluding steroid dienone is 19. The number of unbranched alkanes of at least 4 members (excludes halogenated alkanes) is 23. The number of aliphatic hydroxyl groups is 5. The standard InChI is InChI=1S/C67H113NO8/c1-3-5-7-9-11-13-15-17-19-21-23-24-25-26-27-28-29-30-31-32-33-34-35-36-37-38-39-41-43-45-47-49-51-53-55-57-63(71)68-60(59-75-67-66(74)65(73)64(72)62(58-69)76-67)61(70)56-54-52-50-48-46-44-42-40-22-20-18-16-14-12-10-8-6-4-2/h5,7,11,13,17,19,23-24,26-27,29-30,32-33,35-36,46,48,54,56,60-62,64-67,69-70,72-74H,3-4,6,8-10,12,14-16,18,20-22,25,28,31,34,37-45,47,49-53,55,57-59H2,1-2H3,(H,68,71)/b7-5-,13-11-,19-17-,24-23-,27-26-,30-29-,33-32-,36-35-,48-46+,56-54+. The lowest BCUT2D eigenvalue weighted by Crippen LogP contribution is -2.60. The molecule has 1 amide bonds. The Balaban J connectivity index is 2.20. The van der Waals surface area contributed by atoms with Gasteiger partial charge in [-0.3, -0.25) is 4.79 Å². The third kappa shape index (κ3) is 43.6. The second-order valence-corrected chi connectivity index (χ2v) is 20.8. The maximum atomic E-state index is 13.1. The van der Waals surface area contributed by atoms with Gasteiger partial charge in [-0.25, -0.2) is 0 Å². The molecule has 0 aromatic rings. The average Bonchev–Trinajstić information content (AvgIpc) is 3.42. The fourth-order valence-corrected chi connectivity index (χ4v) is 8.95. The van der Waals surface area contributed by atoms with Crippen molar-refractivity contribution < 1.29 is 39.8 Å². The highest BCUT2D eigenvalue weighted by Gasteiger charge is 2.44. The summed E-state index contributed by atoms with van der Waals surface area (Å²) in [5.41, 5.74) is 0. The van der Waals surface area contributed by atoms with Crippen LogP contribution in [0.15, 0.2) is 122 Å². The Morgan fingerprint density at radius 1 is 0.461 bits per heavy atom. The lowest BCUT2D eigenvalue weighted by atomic mass is 9.99. The Morgan fingerprint density at radius 2 is 0.829 bits per heavy atom. The molecule has 7 atom stereocenters. The van der Waals surface area contributed by atoms with Gasteiger partial charge in [0.2, 0.25) is 5.91 Å². The summed E-state index contributed by atoms with van der Waals surface area (Å²) < 4.78 is 11.3. The van der Waals surface area contributed by atoms with E-state index in [9.17, 15) is 30.3 Å². The van der Waals surface area contributed by atoms with Crippen LogP contribution in [-0.4, -0.2) is 87.5 Å². The van der Waals surface area contributed by atoms with Gasteiger partial charge in [-0.15, -0.1) is 0 Å². The van der Waals surface area contributed by atoms with Crippen LogP contribution in [0.2, 0.25) is 0 Å². The molecule has 1 heterocycles. The monoisotopic (exact) mass is 1060 g/mol. The minimum atomic E-state index is -1.58. The van der Waals surface area contributed by atoms with Gasteiger partial charge in [-0.2, -0.15) is 0 Å². The van der Waals surface area contributed by atoms with Crippen molar-refractivity contribution in [2.75, 3.05) is 13.2 Å². The van der Waals surface area contributed by atoms with Crippen molar-refractivity contribution in [2.45, 2.75) is 281 Å². The number of ether oxygens (including phenoxy) is 2. The number of amides is 1. The number of carbonyl (C=O) groups excluding carboxylic acids is 1. The van der Waals surface area contributed by atoms with Crippen LogP contribution in [0, 0.1) is 0 Å². The van der Waals surface area contributed by atoms with Crippen LogP contribution in [0.3, 0.4) is 0 Å². The normalized spacial score (nSPS) is 19.7. The molecule has 0 aromatic carbocycles. The van der Waals surface area contributed by atoms with E-state index in [0.29, 0.717) is 6.42 Å². The SMILES string of the molecule is CC/C=C\C/C=C\C/C=C\C/C=C\C/C=C\C/C=C\C/C=C\C/C=C\CCCCCCCCCCCCC(=O)NC(COC1OC(CO)C(O)C(O)C1O)C(O)/C=C/CC/C=C/CCCCCCCCCCCCCC. The molecule has 434 valence electrons. The fraction of sp³-hybridized carbons (Fsp3) is 0.687. The molecule has 1 saturated heterocycles. The van der Waals surface area contributed by atoms with E-state index in [2.05, 4.69) is 129 Å². The molecule has 1 aliphatic heterocycles. The van der Waals surface area contributed by atoms with Crippen molar-refractivity contribution in [3.8, 4) is 0 Å². The van der Waals surface area contributed by atoms with Crippen molar-refractivity contribution in [1.29, 1.82) is 0 Å². The lowest BCUT2D eigenvalue weighted by Gasteiger charge is -2.40. The summed E-state index contributed by atoms with van der Waals surface area (Å²) >= 11 is 0. The average molecular weight is 1060 g/mol. The molecule has 1 fully saturated rings. The summed E-state index contributed by atoms with van der Waals surface area (Å²) in [7, 11) is 0. The molecule has 0 spiro atoms. The molecule has 6 N–H and O–H groups in total. The molecule has 0 aromatic heterocycles. The van der Waals surface area contributed by atoms with Crippen LogP contribution < -0.4 is 5.32 Å². The molecule has 7 unspecified atom stereocenters. The molecule has 9 heteroatoms. The van der Waals surface area contributed by atoms with Gasteiger partial charge in [0.25, 0.3) is 0 Å². The maximum absolute atomic E-state index is 13.1. The van der Waals surface area contributed by atoms with E-state index in [1.807, 2.05) is 6.08 Å². The van der Waals surface area contributed by atoms with Gasteiger partial charge in [0.05, 0.1) is 25.4 Å². The third-order valence-corrected chi connectivity index (χ3v) is 13.8. The number of hydrogen-bond donors (Lipinski definition) is 6. The molecule has 0 saturated carbocycles. The Hall–Kier alpha value is -3.41. The van der Waals surface area contributed by atoms with E-state index >= 15 is 0 Å². The van der Waals surface area contributed by atoms with E-state index in [1.165, 1.54) is 116 Å². The van der Waals surface area contributed by atoms with E-state index in [1.54, 1.807) is 6.08 Å². The van der Waals surface area contributed by atoms with Crippen molar-refractivity contribution in [2.24, 2.45) is 0 Å². The van der Waals surface area contributed by atoms with Crippen LogP contribution in [0.1, 0.15) is 239 Å². The van der Waals surface area contributed by atoms with Crippen molar-refractivity contribution in [3.05, 3.63) is 122 Å². The van der Waals surface area contributed by atoms with Gasteiger partial charge in [0.1, 0.15) is 24.4 Å². The largest absolute Gasteiger partial charge is 0.394 e. The van der Waals surface area contributed by atoms with Crippen LogP contribution in [0.5, 0.6) is 0 Å². The second kappa shape index (κ2) is 54.9. The number of aliphatic hydroxyl groups excluding tert-OH is 5. The molecule has 1 aliphatic rings. The number of rotatable bonds is 51. The predicted octanol–water partition coefficient (Wildman–Crippen LogP) is 15.9. The van der Waals surface area contributed by atoms with Gasteiger partial charge in [-0.1, -0.05) is 257 Å². The van der Waals surface area contributed by atoms with E-state index in [4.69, 9.17) is 9.47 Å². The zero-order chi connectivity index (χ0) is 55.0. The first-order chi connectivity index (χ1) is 37.3. The molecular weight excluding hydrogens is 947 g/mol. The van der Waals surface area contributed by atoms with Gasteiger partial charge >= 0.3 is 0 Å². The predicted molar refractivity (Wildman–Crippen MR) is 322 cm³/mol. The Kier molecular flexibility index (Phi) is 51.0. The third-order valence-electron chi connectivity index (χ3n) is 13.8. The summed E-state index contributed by atoms with van der Waals surface area (Å²) in [6.45, 7) is 3.65. The molecule has 9 nitrogen and oxygen atoms in total. The van der Waals surface area contributed by atoms with E-state index < -0.39 is 49.5 Å². The zero-order valence-corrected chi connectivity index (χ0v) is 48.2. The van der Waals surface area contributed by atoms with Gasteiger partial charge < -0.3 is 40.3 Å². The topological polar surface area (TPSA) is 149 Å². The second-order valence-electron chi connectivity index (χ2n) is 20.8. The highest BCUT2D eigenvalue weighted by Crippen LogP contribution is 2.23. The zero-order valence-electron chi connectivity index (χ0n) is 48.2. The van der Waals surface area contributed by atoms with Gasteiger partial charge in [0.15, 0.2) is 6.29 Å². The van der Waals surface area contributed by atoms with E-state index in [-0.39, 0.29) is 12.5 Å². The summed E-state index contributed by atoms with van der Waals surface area (Å²) in [6.07, 6.45) is 75.5. The summed E-state index contributed by atoms with van der Waals surface area (Å²) in [4.78, 5) is 13.1. The number of carbonyl (C=O) groups is 1. The van der Waals surface area contributed by atoms with Crippen molar-refractivity contribution in [1.82, 2.24) is 5.32 Å². The molecular formula is C67H113NO8. The maximum Gasteiger partial charge on any atom is 0.220 e. The first kappa shape index (κ1) is 70.6. The molecule has 0 bridgehead atoms. The van der Waals surface area contributed by atoms with Crippen molar-refractivity contribution >= 4 is 5.91 Å². The van der Waals surface area contributed by atoms with Crippen molar-refractivity contribution in [3.63, 3.8) is 0 Å². The Labute approximate surface area is 465 Å². The molecule has 0 radical (unpaired) electrons. The highest BCUT2D eigenvalue weighted by molar-refractivity contribution is 5.76. The quantitative estimate of drug-likeness (QED) is 0.0261. The number of hydrogen-bond acceptors (Lipinski definition) is 8. The summed E-state index contributed by atoms with van der Waals surface area (Å²) in [6, 6.07) is -0.833. The number of nitrogens with one attached hydrogen (secondary N) is 1. The first-order valence-corrected chi connectivity index (χ1v) is 30.8. The van der Waals surface area contributed by atoms with E-state index in [0.717, 1.165) is 103 Å². The minimum Gasteiger partial charge on any atom is -0.394 e. The van der Waals surface area contributed by atoms with Crippen LogP contribution in [0.25, 0.3) is 0 Å². The first-order valence-electron chi connectivity index (χ1n) is 30.8. The van der Waals surface area contributed by atoms with Crippen LogP contribution >= 0.6 is 0 Å². The summed E-state index contributed by atoms with van der Waals surface area (Å²) in [5, 5.41) is 54.5. The minimum absolute atomic E-state index is 0.196. The highest BCUT2D eigenvalue weighted by atomic mass is 16.7. The molecule has 0 aliphatic carbocycles. The smallest absolute Gasteiger partial charge is 0.220 e. The Bertz CT molecular complexity index is 1610. The summed E-state index contributed by atoms with van der Waals surface area (Å²) in [5.74, 6) is -0.196. The van der Waals surface area contributed by atoms with Gasteiger partial charge in [0, 0.05) is 6.42 Å². The molecule has 1 rings (SSSR count). The van der Waals surface area contributed by atoms with Crippen LogP contribution in [0.4, 0.5) is 0 Å². The van der Waals surface area contributed by atoms with Crippen LogP contribution in [-0.2, 0) is 14.3 Å². The molecule has 76 heavy (non-hydrogen) atoms.